The van der Waals surface area contributed by atoms with Gasteiger partial charge in [0.2, 0.25) is 0 Å². The second-order valence-corrected chi connectivity index (χ2v) is 10.4. The van der Waals surface area contributed by atoms with Gasteiger partial charge in [0, 0.05) is 22.6 Å². The maximum Gasteiger partial charge on any atom is 0.343 e. The van der Waals surface area contributed by atoms with Crippen molar-refractivity contribution < 1.29 is 38.3 Å². The highest BCUT2D eigenvalue weighted by Gasteiger charge is 2.28. The molecule has 0 aliphatic heterocycles. The molecule has 0 saturated carbocycles. The Morgan fingerprint density at radius 2 is 1.67 bits per heavy atom. The van der Waals surface area contributed by atoms with Gasteiger partial charge in [-0.3, -0.25) is 19.7 Å². The van der Waals surface area contributed by atoms with Crippen LogP contribution >= 0.6 is 11.3 Å². The molecule has 0 spiro atoms. The van der Waals surface area contributed by atoms with E-state index in [9.17, 15) is 29.3 Å². The van der Waals surface area contributed by atoms with Crippen LogP contribution in [0, 0.1) is 10.1 Å². The van der Waals surface area contributed by atoms with E-state index in [-0.39, 0.29) is 34.4 Å². The van der Waals surface area contributed by atoms with Gasteiger partial charge in [-0.2, -0.15) is 5.10 Å². The molecule has 1 heterocycles. The normalized spacial score (nSPS) is 12.5. The van der Waals surface area contributed by atoms with Gasteiger partial charge in [0.15, 0.2) is 11.5 Å². The number of non-ortho nitro benzene ring substituents is 1. The number of carbonyl (C=O) groups excluding carboxylic acids is 4. The summed E-state index contributed by atoms with van der Waals surface area (Å²) in [6, 6.07) is 9.49. The van der Waals surface area contributed by atoms with Crippen molar-refractivity contribution in [3.63, 3.8) is 0 Å². The fourth-order valence-electron chi connectivity index (χ4n) is 4.34. The Bertz CT molecular complexity index is 1610. The summed E-state index contributed by atoms with van der Waals surface area (Å²) >= 11 is 1.27. The van der Waals surface area contributed by atoms with Crippen molar-refractivity contribution in [3.05, 3.63) is 79.7 Å². The highest BCUT2D eigenvalue weighted by atomic mass is 32.1. The number of benzene rings is 2. The lowest BCUT2D eigenvalue weighted by atomic mass is 9.95. The van der Waals surface area contributed by atoms with Crippen LogP contribution in [0.4, 0.5) is 10.7 Å². The first kappa shape index (κ1) is 30.8. The van der Waals surface area contributed by atoms with Gasteiger partial charge in [0.05, 0.1) is 35.5 Å². The largest absolute Gasteiger partial charge is 0.493 e. The van der Waals surface area contributed by atoms with Crippen LogP contribution in [0.2, 0.25) is 0 Å². The summed E-state index contributed by atoms with van der Waals surface area (Å²) in [4.78, 5) is 61.6. The molecule has 2 amide bonds. The Morgan fingerprint density at radius 1 is 0.977 bits per heavy atom. The molecule has 1 aliphatic rings. The predicted octanol–water partition coefficient (Wildman–Crippen LogP) is 4.42. The summed E-state index contributed by atoms with van der Waals surface area (Å²) in [7, 11) is 1.37. The number of amides is 2. The molecule has 2 aromatic carbocycles. The maximum absolute atomic E-state index is 12.7. The molecule has 0 bridgehead atoms. The number of hydrogen-bond donors (Lipinski definition) is 2. The van der Waals surface area contributed by atoms with Gasteiger partial charge in [-0.15, -0.1) is 11.3 Å². The van der Waals surface area contributed by atoms with E-state index in [1.54, 1.807) is 19.9 Å². The molecule has 14 heteroatoms. The topological polar surface area (TPSA) is 176 Å². The van der Waals surface area contributed by atoms with Crippen LogP contribution in [0.15, 0.2) is 47.6 Å². The molecule has 224 valence electrons. The van der Waals surface area contributed by atoms with E-state index in [0.717, 1.165) is 29.7 Å². The molecular weight excluding hydrogens is 580 g/mol. The first-order valence-electron chi connectivity index (χ1n) is 13.2. The molecule has 1 aliphatic carbocycles. The number of thiophene rings is 1. The standard InChI is InChI=1S/C29H28N4O9S/c1-4-41-29(37)24-20-7-5-6-8-23(20)43-27(24)30-25(34)26(35)32-31-16(2)18-11-14-21(22(15-18)40-3)42-28(36)17-9-12-19(13-10-17)33(38)39/h9-15H,4-8H2,1-3H3,(H,30,34)(H,32,35). The second-order valence-electron chi connectivity index (χ2n) is 9.29. The van der Waals surface area contributed by atoms with Gasteiger partial charge in [0.1, 0.15) is 5.00 Å². The Labute approximate surface area is 250 Å². The highest BCUT2D eigenvalue weighted by Crippen LogP contribution is 2.38. The summed E-state index contributed by atoms with van der Waals surface area (Å²) in [5, 5.41) is 17.6. The summed E-state index contributed by atoms with van der Waals surface area (Å²) in [6.07, 6.45) is 3.39. The fourth-order valence-corrected chi connectivity index (χ4v) is 5.61. The monoisotopic (exact) mass is 608 g/mol. The van der Waals surface area contributed by atoms with E-state index < -0.39 is 28.7 Å². The third kappa shape index (κ3) is 7.22. The van der Waals surface area contributed by atoms with Crippen LogP contribution in [0.5, 0.6) is 11.5 Å². The van der Waals surface area contributed by atoms with E-state index in [1.165, 1.54) is 54.8 Å². The van der Waals surface area contributed by atoms with Crippen LogP contribution < -0.4 is 20.2 Å². The van der Waals surface area contributed by atoms with Crippen molar-refractivity contribution in [1.82, 2.24) is 5.43 Å². The van der Waals surface area contributed by atoms with Crippen LogP contribution in [-0.4, -0.2) is 48.1 Å². The molecule has 2 N–H and O–H groups in total. The Balaban J connectivity index is 1.42. The van der Waals surface area contributed by atoms with E-state index in [2.05, 4.69) is 15.8 Å². The minimum atomic E-state index is -1.04. The van der Waals surface area contributed by atoms with Gasteiger partial charge in [-0.25, -0.2) is 15.0 Å². The second kappa shape index (κ2) is 13.7. The van der Waals surface area contributed by atoms with Crippen molar-refractivity contribution >= 4 is 51.5 Å². The van der Waals surface area contributed by atoms with E-state index >= 15 is 0 Å². The number of fused-ring (bicyclic) bond motifs is 1. The van der Waals surface area contributed by atoms with E-state index in [0.29, 0.717) is 23.3 Å². The van der Waals surface area contributed by atoms with Crippen molar-refractivity contribution in [2.24, 2.45) is 5.10 Å². The number of methoxy groups -OCH3 is 1. The third-order valence-electron chi connectivity index (χ3n) is 6.51. The number of hydrazone groups is 1. The quantitative estimate of drug-likeness (QED) is 0.0889. The number of nitro benzene ring substituents is 1. The molecule has 1 aromatic heterocycles. The van der Waals surface area contributed by atoms with Gasteiger partial charge >= 0.3 is 23.8 Å². The summed E-state index contributed by atoms with van der Waals surface area (Å²) in [5.41, 5.74) is 4.10. The van der Waals surface area contributed by atoms with Gasteiger partial charge in [-0.1, -0.05) is 0 Å². The number of esters is 2. The van der Waals surface area contributed by atoms with Crippen LogP contribution in [-0.2, 0) is 27.2 Å². The minimum Gasteiger partial charge on any atom is -0.493 e. The van der Waals surface area contributed by atoms with E-state index in [1.807, 2.05) is 0 Å². The molecule has 0 radical (unpaired) electrons. The van der Waals surface area contributed by atoms with Crippen LogP contribution in [0.1, 0.15) is 63.4 Å². The smallest absolute Gasteiger partial charge is 0.343 e. The zero-order chi connectivity index (χ0) is 31.1. The summed E-state index contributed by atoms with van der Waals surface area (Å²) < 4.78 is 15.9. The van der Waals surface area contributed by atoms with Gasteiger partial charge in [-0.05, 0) is 75.4 Å². The molecule has 13 nitrogen and oxygen atoms in total. The van der Waals surface area contributed by atoms with Crippen molar-refractivity contribution in [2.45, 2.75) is 39.5 Å². The number of nitrogens with zero attached hydrogens (tertiary/aromatic N) is 2. The third-order valence-corrected chi connectivity index (χ3v) is 7.71. The van der Waals surface area contributed by atoms with Gasteiger partial charge in [0.25, 0.3) is 5.69 Å². The average Bonchev–Trinajstić information content (AvgIpc) is 3.37. The number of hydrogen-bond acceptors (Lipinski definition) is 11. The Morgan fingerprint density at radius 3 is 2.35 bits per heavy atom. The molecule has 43 heavy (non-hydrogen) atoms. The number of rotatable bonds is 9. The summed E-state index contributed by atoms with van der Waals surface area (Å²) in [6.45, 7) is 3.46. The lowest BCUT2D eigenvalue weighted by molar-refractivity contribution is -0.384. The molecule has 0 unspecified atom stereocenters. The molecule has 3 aromatic rings. The first-order chi connectivity index (χ1) is 20.6. The zero-order valence-electron chi connectivity index (χ0n) is 23.6. The SMILES string of the molecule is CCOC(=O)c1c(NC(=O)C(=O)NN=C(C)c2ccc(OC(=O)c3ccc([N+](=O)[O-])cc3)c(OC)c2)sc2c1CCCC2. The van der Waals surface area contributed by atoms with Gasteiger partial charge < -0.3 is 19.5 Å². The predicted molar refractivity (Wildman–Crippen MR) is 157 cm³/mol. The molecule has 4 rings (SSSR count). The average molecular weight is 609 g/mol. The lowest BCUT2D eigenvalue weighted by Gasteiger charge is -2.12. The molecule has 0 saturated heterocycles. The highest BCUT2D eigenvalue weighted by molar-refractivity contribution is 7.17. The number of anilines is 1. The van der Waals surface area contributed by atoms with Crippen LogP contribution in [0.3, 0.4) is 0 Å². The molecule has 0 fully saturated rings. The van der Waals surface area contributed by atoms with Crippen molar-refractivity contribution in [1.29, 1.82) is 0 Å². The van der Waals surface area contributed by atoms with Crippen molar-refractivity contribution in [3.8, 4) is 11.5 Å². The number of carbonyl (C=O) groups is 4. The fraction of sp³-hybridized carbons (Fsp3) is 0.276. The van der Waals surface area contributed by atoms with E-state index in [4.69, 9.17) is 14.2 Å². The number of aryl methyl sites for hydroxylation is 1. The number of nitro groups is 1. The molecule has 0 atom stereocenters. The first-order valence-corrected chi connectivity index (χ1v) is 14.1. The van der Waals surface area contributed by atoms with Crippen LogP contribution in [0.25, 0.3) is 0 Å². The summed E-state index contributed by atoms with van der Waals surface area (Å²) in [5.74, 6) is -3.06. The lowest BCUT2D eigenvalue weighted by Crippen LogP contribution is -2.33. The number of ether oxygens (including phenoxy) is 3. The minimum absolute atomic E-state index is 0.0851. The Hall–Kier alpha value is -5.11. The maximum atomic E-state index is 12.7. The van der Waals surface area contributed by atoms with Crippen molar-refractivity contribution in [2.75, 3.05) is 19.0 Å². The molecular formula is C29H28N4O9S. The Kier molecular flexibility index (Phi) is 9.83. The zero-order valence-corrected chi connectivity index (χ0v) is 24.4. The number of nitrogens with one attached hydrogen (secondary N) is 2.